The quantitative estimate of drug-likeness (QED) is 0.627. The first-order valence-electron chi connectivity index (χ1n) is 8.11. The van der Waals surface area contributed by atoms with E-state index in [0.29, 0.717) is 11.0 Å². The lowest BCUT2D eigenvalue weighted by Crippen LogP contribution is -2.33. The molecule has 0 N–H and O–H groups in total. The van der Waals surface area contributed by atoms with Gasteiger partial charge in [-0.25, -0.2) is 22.1 Å². The van der Waals surface area contributed by atoms with Gasteiger partial charge in [0.15, 0.2) is 0 Å². The maximum Gasteiger partial charge on any atom is 0.269 e. The topological polar surface area (TPSA) is 72.3 Å². The maximum absolute atomic E-state index is 13.9. The molecule has 3 aromatic rings. The van der Waals surface area contributed by atoms with Gasteiger partial charge in [-0.15, -0.1) is 0 Å². The highest BCUT2D eigenvalue weighted by molar-refractivity contribution is 7.89. The standard InChI is InChI=1S/C18H17ClFN3O3S/c1-22(12-13-14(19)5-4-6-15(13)20)27(25,26)10-9-23-17-8-3-2-7-16(17)21-11-18(23)24/h2-8,11H,9-10,12H2,1H3. The molecule has 0 saturated carbocycles. The molecule has 0 radical (unpaired) electrons. The van der Waals surface area contributed by atoms with Crippen molar-refractivity contribution in [2.45, 2.75) is 13.1 Å². The molecular weight excluding hydrogens is 393 g/mol. The molecule has 0 fully saturated rings. The van der Waals surface area contributed by atoms with Gasteiger partial charge in [0.05, 0.1) is 23.0 Å². The van der Waals surface area contributed by atoms with Crippen molar-refractivity contribution in [3.8, 4) is 0 Å². The first-order chi connectivity index (χ1) is 12.8. The molecule has 0 amide bonds. The summed E-state index contributed by atoms with van der Waals surface area (Å²) in [4.78, 5) is 16.2. The number of benzene rings is 2. The summed E-state index contributed by atoms with van der Waals surface area (Å²) < 4.78 is 41.5. The number of rotatable bonds is 6. The third kappa shape index (κ3) is 4.18. The van der Waals surface area contributed by atoms with Crippen LogP contribution >= 0.6 is 11.6 Å². The molecule has 6 nitrogen and oxygen atoms in total. The maximum atomic E-state index is 13.9. The van der Waals surface area contributed by atoms with Crippen LogP contribution in [0.4, 0.5) is 4.39 Å². The number of para-hydroxylation sites is 2. The van der Waals surface area contributed by atoms with E-state index < -0.39 is 15.8 Å². The number of aromatic nitrogens is 2. The van der Waals surface area contributed by atoms with E-state index in [0.717, 1.165) is 10.5 Å². The largest absolute Gasteiger partial charge is 0.304 e. The van der Waals surface area contributed by atoms with Gasteiger partial charge in [0, 0.05) is 30.7 Å². The van der Waals surface area contributed by atoms with Gasteiger partial charge in [-0.3, -0.25) is 4.79 Å². The zero-order chi connectivity index (χ0) is 19.6. The molecular formula is C18H17ClFN3O3S. The normalized spacial score (nSPS) is 12.0. The molecule has 9 heteroatoms. The molecule has 0 spiro atoms. The monoisotopic (exact) mass is 409 g/mol. The molecule has 0 atom stereocenters. The smallest absolute Gasteiger partial charge is 0.269 e. The van der Waals surface area contributed by atoms with Crippen molar-refractivity contribution in [2.24, 2.45) is 0 Å². The number of hydrogen-bond acceptors (Lipinski definition) is 4. The number of halogens is 2. The van der Waals surface area contributed by atoms with Crippen LogP contribution < -0.4 is 5.56 Å². The molecule has 0 aliphatic carbocycles. The molecule has 27 heavy (non-hydrogen) atoms. The van der Waals surface area contributed by atoms with Crippen LogP contribution in [-0.4, -0.2) is 35.1 Å². The van der Waals surface area contributed by atoms with Crippen LogP contribution in [0.15, 0.2) is 53.5 Å². The van der Waals surface area contributed by atoms with Crippen molar-refractivity contribution in [1.29, 1.82) is 0 Å². The fraction of sp³-hybridized carbons (Fsp3) is 0.222. The number of hydrogen-bond donors (Lipinski definition) is 0. The fourth-order valence-corrected chi connectivity index (χ4v) is 3.99. The van der Waals surface area contributed by atoms with Crippen LogP contribution in [0.25, 0.3) is 11.0 Å². The van der Waals surface area contributed by atoms with E-state index in [2.05, 4.69) is 4.98 Å². The zero-order valence-corrected chi connectivity index (χ0v) is 16.0. The Kier molecular flexibility index (Phi) is 5.59. The fourth-order valence-electron chi connectivity index (χ4n) is 2.71. The summed E-state index contributed by atoms with van der Waals surface area (Å²) in [6, 6.07) is 11.2. The summed E-state index contributed by atoms with van der Waals surface area (Å²) in [5, 5.41) is 0.161. The van der Waals surface area contributed by atoms with Crippen molar-refractivity contribution in [2.75, 3.05) is 12.8 Å². The third-order valence-electron chi connectivity index (χ3n) is 4.24. The third-order valence-corrected chi connectivity index (χ3v) is 6.37. The van der Waals surface area contributed by atoms with E-state index in [1.807, 2.05) is 0 Å². The molecule has 0 bridgehead atoms. The van der Waals surface area contributed by atoms with Crippen LogP contribution in [0.3, 0.4) is 0 Å². The Hall–Kier alpha value is -2.29. The van der Waals surface area contributed by atoms with Crippen molar-refractivity contribution in [1.82, 2.24) is 13.9 Å². The van der Waals surface area contributed by atoms with E-state index in [1.54, 1.807) is 24.3 Å². The number of sulfonamides is 1. The first-order valence-corrected chi connectivity index (χ1v) is 10.1. The van der Waals surface area contributed by atoms with Crippen LogP contribution in [0.2, 0.25) is 5.02 Å². The van der Waals surface area contributed by atoms with E-state index in [-0.39, 0.29) is 35.0 Å². The lowest BCUT2D eigenvalue weighted by atomic mass is 10.2. The second-order valence-corrected chi connectivity index (χ2v) is 8.61. The van der Waals surface area contributed by atoms with Gasteiger partial charge in [0.2, 0.25) is 10.0 Å². The van der Waals surface area contributed by atoms with Gasteiger partial charge in [-0.05, 0) is 24.3 Å². The molecule has 3 rings (SSSR count). The summed E-state index contributed by atoms with van der Waals surface area (Å²) in [7, 11) is -2.39. The van der Waals surface area contributed by atoms with Crippen molar-refractivity contribution < 1.29 is 12.8 Å². The van der Waals surface area contributed by atoms with Crippen LogP contribution in [0.1, 0.15) is 5.56 Å². The second kappa shape index (κ2) is 7.75. The summed E-state index contributed by atoms with van der Waals surface area (Å²) in [5.41, 5.74) is 0.876. The van der Waals surface area contributed by atoms with E-state index in [4.69, 9.17) is 11.6 Å². The van der Waals surface area contributed by atoms with E-state index in [9.17, 15) is 17.6 Å². The summed E-state index contributed by atoms with van der Waals surface area (Å²) in [6.45, 7) is -0.237. The predicted octanol–water partition coefficient (Wildman–Crippen LogP) is 2.65. The number of fused-ring (bicyclic) bond motifs is 1. The van der Waals surface area contributed by atoms with Crippen LogP contribution in [0, 0.1) is 5.82 Å². The summed E-state index contributed by atoms with van der Waals surface area (Å²) in [5.74, 6) is -0.885. The zero-order valence-electron chi connectivity index (χ0n) is 14.5. The van der Waals surface area contributed by atoms with Gasteiger partial charge < -0.3 is 4.57 Å². The average molecular weight is 410 g/mol. The van der Waals surface area contributed by atoms with Crippen molar-refractivity contribution in [3.05, 3.63) is 75.4 Å². The Morgan fingerprint density at radius 1 is 1.19 bits per heavy atom. The number of aryl methyl sites for hydroxylation is 1. The highest BCUT2D eigenvalue weighted by Crippen LogP contribution is 2.21. The molecule has 142 valence electrons. The van der Waals surface area contributed by atoms with Gasteiger partial charge in [-0.2, -0.15) is 0 Å². The van der Waals surface area contributed by atoms with E-state index in [1.165, 1.54) is 29.8 Å². The Balaban J connectivity index is 1.81. The summed E-state index contributed by atoms with van der Waals surface area (Å²) >= 11 is 5.97. The molecule has 1 aromatic heterocycles. The average Bonchev–Trinajstić information content (AvgIpc) is 2.63. The highest BCUT2D eigenvalue weighted by atomic mass is 35.5. The Bertz CT molecular complexity index is 1130. The molecule has 2 aromatic carbocycles. The van der Waals surface area contributed by atoms with Crippen LogP contribution in [0.5, 0.6) is 0 Å². The van der Waals surface area contributed by atoms with Gasteiger partial charge >= 0.3 is 0 Å². The Morgan fingerprint density at radius 3 is 2.67 bits per heavy atom. The Labute approximate surface area is 160 Å². The second-order valence-electron chi connectivity index (χ2n) is 6.01. The SMILES string of the molecule is CN(Cc1c(F)cccc1Cl)S(=O)(=O)CCn1c(=O)cnc2ccccc21. The Morgan fingerprint density at radius 2 is 1.93 bits per heavy atom. The molecule has 0 aliphatic rings. The van der Waals surface area contributed by atoms with Gasteiger partial charge in [0.1, 0.15) is 5.82 Å². The molecule has 0 unspecified atom stereocenters. The predicted molar refractivity (Wildman–Crippen MR) is 103 cm³/mol. The minimum atomic E-state index is -3.75. The molecule has 0 saturated heterocycles. The van der Waals surface area contributed by atoms with E-state index >= 15 is 0 Å². The minimum absolute atomic E-state index is 0.0421. The van der Waals surface area contributed by atoms with Crippen LogP contribution in [-0.2, 0) is 23.1 Å². The van der Waals surface area contributed by atoms with Crippen molar-refractivity contribution >= 4 is 32.7 Å². The summed E-state index contributed by atoms with van der Waals surface area (Å²) in [6.07, 6.45) is 1.16. The first kappa shape index (κ1) is 19.5. The molecule has 0 aliphatic heterocycles. The number of nitrogens with zero attached hydrogens (tertiary/aromatic N) is 3. The highest BCUT2D eigenvalue weighted by Gasteiger charge is 2.21. The lowest BCUT2D eigenvalue weighted by Gasteiger charge is -2.19. The minimum Gasteiger partial charge on any atom is -0.304 e. The van der Waals surface area contributed by atoms with Gasteiger partial charge in [0.25, 0.3) is 5.56 Å². The molecule has 1 heterocycles. The lowest BCUT2D eigenvalue weighted by molar-refractivity contribution is 0.453. The van der Waals surface area contributed by atoms with Crippen molar-refractivity contribution in [3.63, 3.8) is 0 Å². The van der Waals surface area contributed by atoms with Gasteiger partial charge in [-0.1, -0.05) is 29.8 Å².